The Kier molecular flexibility index (Phi) is 43.7. The third-order valence-corrected chi connectivity index (χ3v) is 8.15. The Balaban J connectivity index is -0.000000410. The molecule has 428 valence electrons. The highest BCUT2D eigenvalue weighted by Crippen LogP contribution is 2.11. The van der Waals surface area contributed by atoms with Gasteiger partial charge in [0.15, 0.2) is 0 Å². The molecular weight excluding hydrogens is 1010 g/mol. The van der Waals surface area contributed by atoms with E-state index in [0.717, 1.165) is 6.92 Å². The fourth-order valence-electron chi connectivity index (χ4n) is 5.27. The number of carboxylic acid groups (broad SMARTS) is 2. The van der Waals surface area contributed by atoms with Crippen LogP contribution >= 0.6 is 0 Å². The molecule has 3 aromatic heterocycles. The topological polar surface area (TPSA) is 363 Å². The number of hydrogen-bond acceptors (Lipinski definition) is 17. The van der Waals surface area contributed by atoms with Gasteiger partial charge in [-0.15, -0.1) is 9.46 Å². The number of hydroxylamine groups is 1. The first kappa shape index (κ1) is 75.3. The summed E-state index contributed by atoms with van der Waals surface area (Å²) in [6, 6.07) is 33.9. The molecule has 23 nitrogen and oxygen atoms in total. The molecule has 0 aliphatic rings. The number of para-hydroxylation sites is 5. The second-order valence-electron chi connectivity index (χ2n) is 13.0. The van der Waals surface area contributed by atoms with Crippen molar-refractivity contribution in [1.29, 1.82) is 0 Å². The number of aromatic amines is 1. The number of nitrogen functional groups attached to an aromatic ring is 2. The molecule has 0 aliphatic heterocycles. The molecule has 8 rings (SSSR count). The highest BCUT2D eigenvalue weighted by molar-refractivity contribution is 5.98. The van der Waals surface area contributed by atoms with E-state index >= 15 is 0 Å². The molecule has 0 aliphatic carbocycles. The number of rotatable bonds is 4. The van der Waals surface area contributed by atoms with Gasteiger partial charge in [-0.2, -0.15) is 0 Å². The van der Waals surface area contributed by atoms with Crippen LogP contribution in [0.25, 0.3) is 32.7 Å². The lowest BCUT2D eigenvalue weighted by Gasteiger charge is -2.07. The van der Waals surface area contributed by atoms with Crippen molar-refractivity contribution in [3.63, 3.8) is 0 Å². The van der Waals surface area contributed by atoms with Crippen LogP contribution in [0.3, 0.4) is 0 Å². The van der Waals surface area contributed by atoms with Gasteiger partial charge in [-0.05, 0) is 74.5 Å². The first-order valence-electron chi connectivity index (χ1n) is 24.3. The zero-order chi connectivity index (χ0) is 60.9. The standard InChI is InChI=1S/C10H10N2O2.C9H8N2O2.C8H10N2O2.C8H5NO3.C7H7NO2.C2H4O2.5C2H6.CH5NO/c1-7-11-9-6-4-3-5-8(9)10(13)12(7)14-2;1-6-10-8-5-3-2-4-7(8)9(12)11(6)13;1-12-10-8(11)6-4-2-3-5-7(6)9;10-7-5-3-1-2-4-6(5)9-8(11)12-7;8-6-4-2-1-3-5(6)7(9)10;1-2(3)4;5*1-2;1-3-2/h3-6H,1-2H3;2-5,13H,1H3;2-5H,9H2,1H3,(H,10,11);1-4H,(H,9,11);1-4H,8H2,(H,9,10);1H3,(H,3,4);5*1-2H3;2H2,1H3. The molecule has 0 bridgehead atoms. The predicted molar refractivity (Wildman–Crippen MR) is 309 cm³/mol. The summed E-state index contributed by atoms with van der Waals surface area (Å²) in [5, 5.41) is 26.5. The summed E-state index contributed by atoms with van der Waals surface area (Å²) < 4.78 is 6.06. The number of hydrogen-bond donors (Lipinski definition) is 8. The number of carboxylic acids is 2. The fourth-order valence-corrected chi connectivity index (χ4v) is 5.27. The number of aromatic nitrogens is 5. The SMILES string of the molecule is CC.CC.CC.CC.CC.CC(=O)O.CON.CONC(=O)c1ccccc1N.COn1c(C)nc2ccccc2c1=O.Cc1nc2ccccc2c(=O)n1O.Nc1ccccc1C(=O)O.O=c1[nH]c2ccccc2c(=O)o1. The van der Waals surface area contributed by atoms with Crippen molar-refractivity contribution in [2.45, 2.75) is 90.0 Å². The van der Waals surface area contributed by atoms with E-state index < -0.39 is 28.9 Å². The Morgan fingerprint density at radius 1 is 0.590 bits per heavy atom. The highest BCUT2D eigenvalue weighted by Gasteiger charge is 2.09. The summed E-state index contributed by atoms with van der Waals surface area (Å²) >= 11 is 0. The number of H-pyrrole nitrogens is 1. The van der Waals surface area contributed by atoms with Crippen molar-refractivity contribution in [1.82, 2.24) is 29.9 Å². The Morgan fingerprint density at radius 2 is 0.962 bits per heavy atom. The molecule has 5 aromatic carbocycles. The van der Waals surface area contributed by atoms with Gasteiger partial charge in [0.25, 0.3) is 23.0 Å². The van der Waals surface area contributed by atoms with Gasteiger partial charge in [-0.3, -0.25) is 29.0 Å². The second-order valence-corrected chi connectivity index (χ2v) is 13.0. The zero-order valence-electron chi connectivity index (χ0n) is 47.4. The van der Waals surface area contributed by atoms with Gasteiger partial charge in [0.1, 0.15) is 18.8 Å². The lowest BCUT2D eigenvalue weighted by atomic mass is 10.2. The average Bonchev–Trinajstić information content (AvgIpc) is 3.44. The van der Waals surface area contributed by atoms with Crippen molar-refractivity contribution in [3.8, 4) is 0 Å². The van der Waals surface area contributed by atoms with E-state index in [4.69, 9.17) is 31.3 Å². The van der Waals surface area contributed by atoms with Crippen LogP contribution in [-0.2, 0) is 14.5 Å². The van der Waals surface area contributed by atoms with Gasteiger partial charge in [0, 0.05) is 18.3 Å². The summed E-state index contributed by atoms with van der Waals surface area (Å²) in [4.78, 5) is 99.2. The van der Waals surface area contributed by atoms with Crippen LogP contribution in [-0.4, -0.2) is 79.0 Å². The number of benzene rings is 5. The molecule has 0 unspecified atom stereocenters. The monoisotopic (exact) mass is 1090 g/mol. The number of carbonyl (C=O) groups is 3. The molecule has 1 amide bonds. The number of aliphatic carboxylic acids is 1. The van der Waals surface area contributed by atoms with Gasteiger partial charge < -0.3 is 41.0 Å². The number of anilines is 2. The molecule has 11 N–H and O–H groups in total. The molecule has 0 fully saturated rings. The normalized spacial score (nSPS) is 8.78. The molecule has 3 heterocycles. The highest BCUT2D eigenvalue weighted by atomic mass is 16.7. The maximum absolute atomic E-state index is 11.8. The Morgan fingerprint density at radius 3 is 1.37 bits per heavy atom. The van der Waals surface area contributed by atoms with Gasteiger partial charge in [0.05, 0.1) is 58.1 Å². The van der Waals surface area contributed by atoms with Crippen molar-refractivity contribution in [2.75, 3.05) is 32.8 Å². The van der Waals surface area contributed by atoms with Crippen LogP contribution in [0, 0.1) is 13.8 Å². The summed E-state index contributed by atoms with van der Waals surface area (Å²) in [6.07, 6.45) is 0. The first-order chi connectivity index (χ1) is 37.3. The third kappa shape index (κ3) is 27.4. The van der Waals surface area contributed by atoms with Crippen LogP contribution in [0.5, 0.6) is 0 Å². The minimum Gasteiger partial charge on any atom is -0.481 e. The lowest BCUT2D eigenvalue weighted by molar-refractivity contribution is -0.134. The van der Waals surface area contributed by atoms with Crippen LogP contribution < -0.4 is 50.2 Å². The smallest absolute Gasteiger partial charge is 0.419 e. The van der Waals surface area contributed by atoms with Crippen LogP contribution in [0.15, 0.2) is 145 Å². The van der Waals surface area contributed by atoms with Gasteiger partial charge >= 0.3 is 17.4 Å². The van der Waals surface area contributed by atoms with E-state index in [-0.39, 0.29) is 17.0 Å². The van der Waals surface area contributed by atoms with Gasteiger partial charge in [-0.25, -0.2) is 35.7 Å². The lowest BCUT2D eigenvalue weighted by Crippen LogP contribution is -2.28. The maximum atomic E-state index is 11.8. The third-order valence-electron chi connectivity index (χ3n) is 8.15. The summed E-state index contributed by atoms with van der Waals surface area (Å²) in [5.41, 5.74) is 15.0. The number of nitrogens with zero attached hydrogens (tertiary/aromatic N) is 4. The number of carbonyl (C=O) groups excluding carboxylic acids is 1. The van der Waals surface area contributed by atoms with E-state index in [0.29, 0.717) is 66.0 Å². The molecule has 8 aromatic rings. The molecule has 0 radical (unpaired) electrons. The number of nitrogens with two attached hydrogens (primary N) is 3. The minimum atomic E-state index is -0.988. The molecule has 0 saturated heterocycles. The zero-order valence-corrected chi connectivity index (χ0v) is 47.4. The second kappa shape index (κ2) is 45.2. The van der Waals surface area contributed by atoms with Crippen molar-refractivity contribution >= 4 is 61.9 Å². The van der Waals surface area contributed by atoms with Crippen LogP contribution in [0.2, 0.25) is 0 Å². The van der Waals surface area contributed by atoms with Crippen molar-refractivity contribution < 1.29 is 48.7 Å². The molecule has 23 heteroatoms. The van der Waals surface area contributed by atoms with Gasteiger partial charge in [-0.1, -0.05) is 130 Å². The summed E-state index contributed by atoms with van der Waals surface area (Å²) in [5.74, 6) is 2.31. The number of fused-ring (bicyclic) bond motifs is 3. The van der Waals surface area contributed by atoms with Gasteiger partial charge in [0.2, 0.25) is 0 Å². The number of aromatic carboxylic acids is 1. The van der Waals surface area contributed by atoms with E-state index in [1.54, 1.807) is 117 Å². The first-order valence-corrected chi connectivity index (χ1v) is 24.3. The van der Waals surface area contributed by atoms with E-state index in [1.807, 2.05) is 81.4 Å². The summed E-state index contributed by atoms with van der Waals surface area (Å²) in [6.45, 7) is 24.4. The molecule has 0 atom stereocenters. The van der Waals surface area contributed by atoms with E-state index in [9.17, 15) is 34.0 Å². The number of aryl methyl sites for hydroxylation is 2. The van der Waals surface area contributed by atoms with E-state index in [2.05, 4.69) is 40.4 Å². The quantitative estimate of drug-likeness (QED) is 0.0465. The number of amides is 1. The largest absolute Gasteiger partial charge is 0.481 e. The minimum absolute atomic E-state index is 0.155. The maximum Gasteiger partial charge on any atom is 0.419 e. The van der Waals surface area contributed by atoms with Crippen LogP contribution in [0.4, 0.5) is 11.4 Å². The predicted octanol–water partition coefficient (Wildman–Crippen LogP) is 8.44. The van der Waals surface area contributed by atoms with Crippen molar-refractivity contribution in [3.05, 3.63) is 186 Å². The average molecular weight is 1090 g/mol. The molecule has 0 spiro atoms. The Hall–Kier alpha value is -9.19. The molecular formula is C55H79N9O14. The van der Waals surface area contributed by atoms with Crippen LogP contribution in [0.1, 0.15) is 109 Å². The Bertz CT molecular complexity index is 3190. The van der Waals surface area contributed by atoms with Crippen molar-refractivity contribution in [2.24, 2.45) is 5.90 Å². The fraction of sp³-hybridized carbons (Fsp3) is 0.291. The molecule has 0 saturated carbocycles. The summed E-state index contributed by atoms with van der Waals surface area (Å²) in [7, 11) is 4.22. The Labute approximate surface area is 453 Å². The molecule has 78 heavy (non-hydrogen) atoms. The number of nitrogens with one attached hydrogen (secondary N) is 2. The van der Waals surface area contributed by atoms with E-state index in [1.165, 1.54) is 32.1 Å².